The van der Waals surface area contributed by atoms with Gasteiger partial charge in [-0.15, -0.1) is 0 Å². The van der Waals surface area contributed by atoms with Gasteiger partial charge in [0.25, 0.3) is 0 Å². The summed E-state index contributed by atoms with van der Waals surface area (Å²) < 4.78 is 0. The number of aryl methyl sites for hydroxylation is 1. The van der Waals surface area contributed by atoms with E-state index < -0.39 is 5.60 Å². The van der Waals surface area contributed by atoms with Crippen LogP contribution in [0.15, 0.2) is 36.7 Å². The van der Waals surface area contributed by atoms with Crippen molar-refractivity contribution in [3.63, 3.8) is 0 Å². The number of aliphatic hydroxyl groups is 1. The first-order chi connectivity index (χ1) is 11.1. The molecule has 5 heteroatoms. The lowest BCUT2D eigenvalue weighted by Gasteiger charge is -2.30. The Kier molecular flexibility index (Phi) is 4.59. The largest absolute Gasteiger partial charge is 0.380 e. The smallest absolute Gasteiger partial charge is 0.225 e. The number of nitrogens with zero attached hydrogens (tertiary/aromatic N) is 3. The number of anilines is 1. The topological polar surface area (TPSA) is 61.3 Å². The summed E-state index contributed by atoms with van der Waals surface area (Å²) in [5, 5.41) is 14.5. The first-order valence-electron chi connectivity index (χ1n) is 8.21. The van der Waals surface area contributed by atoms with E-state index in [9.17, 15) is 5.11 Å². The lowest BCUT2D eigenvalue weighted by Crippen LogP contribution is -2.44. The van der Waals surface area contributed by atoms with Crippen molar-refractivity contribution in [2.45, 2.75) is 25.9 Å². The summed E-state index contributed by atoms with van der Waals surface area (Å²) in [4.78, 5) is 11.1. The molecule has 0 amide bonds. The number of aromatic nitrogens is 2. The number of hydrogen-bond acceptors (Lipinski definition) is 5. The molecule has 1 aromatic carbocycles. The zero-order valence-electron chi connectivity index (χ0n) is 13.8. The van der Waals surface area contributed by atoms with Crippen molar-refractivity contribution in [2.24, 2.45) is 0 Å². The summed E-state index contributed by atoms with van der Waals surface area (Å²) in [6.45, 7) is 7.75. The average Bonchev–Trinajstić information content (AvgIpc) is 2.62. The molecule has 3 rings (SSSR count). The van der Waals surface area contributed by atoms with E-state index in [0.29, 0.717) is 6.42 Å². The van der Waals surface area contributed by atoms with E-state index in [-0.39, 0.29) is 0 Å². The molecule has 122 valence electrons. The molecule has 1 aliphatic rings. The number of rotatable bonds is 4. The second kappa shape index (κ2) is 6.64. The van der Waals surface area contributed by atoms with Crippen LogP contribution in [0, 0.1) is 6.92 Å². The summed E-state index contributed by atoms with van der Waals surface area (Å²) in [5.74, 6) is 0.734. The van der Waals surface area contributed by atoms with Crippen LogP contribution in [0.25, 0.3) is 0 Å². The SMILES string of the molecule is CCC(O)(c1ccc(C)cc1)c1cnc(N2CCNCC2)nc1. The summed E-state index contributed by atoms with van der Waals surface area (Å²) in [6, 6.07) is 7.99. The van der Waals surface area contributed by atoms with Gasteiger partial charge in [-0.3, -0.25) is 0 Å². The van der Waals surface area contributed by atoms with Gasteiger partial charge in [0.1, 0.15) is 5.60 Å². The van der Waals surface area contributed by atoms with Crippen molar-refractivity contribution >= 4 is 5.95 Å². The van der Waals surface area contributed by atoms with E-state index >= 15 is 0 Å². The Morgan fingerprint density at radius 1 is 1.09 bits per heavy atom. The molecule has 0 aliphatic carbocycles. The molecule has 1 fully saturated rings. The van der Waals surface area contributed by atoms with Crippen LogP contribution in [0.1, 0.15) is 30.0 Å². The molecule has 0 bridgehead atoms. The van der Waals surface area contributed by atoms with Crippen LogP contribution in [0.2, 0.25) is 0 Å². The molecule has 0 saturated carbocycles. The van der Waals surface area contributed by atoms with Crippen molar-refractivity contribution < 1.29 is 5.11 Å². The average molecular weight is 312 g/mol. The highest BCUT2D eigenvalue weighted by molar-refractivity contribution is 5.38. The molecule has 5 nitrogen and oxygen atoms in total. The maximum absolute atomic E-state index is 11.2. The third-order valence-corrected chi connectivity index (χ3v) is 4.56. The van der Waals surface area contributed by atoms with Gasteiger partial charge in [0, 0.05) is 44.1 Å². The fourth-order valence-corrected chi connectivity index (χ4v) is 2.97. The van der Waals surface area contributed by atoms with E-state index in [1.54, 1.807) is 12.4 Å². The molecule has 1 saturated heterocycles. The fraction of sp³-hybridized carbons (Fsp3) is 0.444. The maximum atomic E-state index is 11.2. The van der Waals surface area contributed by atoms with Gasteiger partial charge < -0.3 is 15.3 Å². The number of nitrogens with one attached hydrogen (secondary N) is 1. The third-order valence-electron chi connectivity index (χ3n) is 4.56. The number of hydrogen-bond donors (Lipinski definition) is 2. The fourth-order valence-electron chi connectivity index (χ4n) is 2.97. The van der Waals surface area contributed by atoms with Crippen LogP contribution in [-0.4, -0.2) is 41.3 Å². The van der Waals surface area contributed by atoms with Gasteiger partial charge in [-0.1, -0.05) is 36.8 Å². The van der Waals surface area contributed by atoms with E-state index in [1.165, 1.54) is 5.56 Å². The summed E-state index contributed by atoms with van der Waals surface area (Å²) >= 11 is 0. The maximum Gasteiger partial charge on any atom is 0.225 e. The number of benzene rings is 1. The van der Waals surface area contributed by atoms with Crippen molar-refractivity contribution in [3.8, 4) is 0 Å². The molecule has 0 spiro atoms. The molecule has 1 aliphatic heterocycles. The quantitative estimate of drug-likeness (QED) is 0.902. The van der Waals surface area contributed by atoms with Crippen LogP contribution < -0.4 is 10.2 Å². The zero-order chi connectivity index (χ0) is 16.3. The molecular weight excluding hydrogens is 288 g/mol. The van der Waals surface area contributed by atoms with Gasteiger partial charge in [-0.05, 0) is 18.9 Å². The minimum absolute atomic E-state index is 0.576. The first-order valence-corrected chi connectivity index (χ1v) is 8.21. The molecule has 0 radical (unpaired) electrons. The zero-order valence-corrected chi connectivity index (χ0v) is 13.8. The van der Waals surface area contributed by atoms with E-state index in [4.69, 9.17) is 0 Å². The van der Waals surface area contributed by atoms with E-state index in [0.717, 1.165) is 43.3 Å². The highest BCUT2D eigenvalue weighted by atomic mass is 16.3. The van der Waals surface area contributed by atoms with Crippen LogP contribution in [0.5, 0.6) is 0 Å². The van der Waals surface area contributed by atoms with Gasteiger partial charge in [0.2, 0.25) is 5.95 Å². The second-order valence-corrected chi connectivity index (χ2v) is 6.09. The van der Waals surface area contributed by atoms with Crippen molar-refractivity contribution in [2.75, 3.05) is 31.1 Å². The highest BCUT2D eigenvalue weighted by Gasteiger charge is 2.30. The Bertz CT molecular complexity index is 635. The van der Waals surface area contributed by atoms with Gasteiger partial charge >= 0.3 is 0 Å². The normalized spacial score (nSPS) is 17.8. The molecular formula is C18H24N4O. The van der Waals surface area contributed by atoms with Crippen molar-refractivity contribution in [3.05, 3.63) is 53.3 Å². The van der Waals surface area contributed by atoms with Crippen LogP contribution in [-0.2, 0) is 5.60 Å². The monoisotopic (exact) mass is 312 g/mol. The van der Waals surface area contributed by atoms with E-state index in [2.05, 4.69) is 20.2 Å². The Morgan fingerprint density at radius 2 is 1.70 bits per heavy atom. The van der Waals surface area contributed by atoms with Crippen LogP contribution >= 0.6 is 0 Å². The lowest BCUT2D eigenvalue weighted by atomic mass is 9.85. The molecule has 2 aromatic rings. The Balaban J connectivity index is 1.87. The Morgan fingerprint density at radius 3 is 2.26 bits per heavy atom. The Hall–Kier alpha value is -1.98. The minimum atomic E-state index is -1.05. The Labute approximate surface area is 137 Å². The summed E-state index contributed by atoms with van der Waals surface area (Å²) in [7, 11) is 0. The minimum Gasteiger partial charge on any atom is -0.380 e. The van der Waals surface area contributed by atoms with Gasteiger partial charge in [0.15, 0.2) is 0 Å². The second-order valence-electron chi connectivity index (χ2n) is 6.09. The van der Waals surface area contributed by atoms with Gasteiger partial charge in [-0.25, -0.2) is 9.97 Å². The predicted molar refractivity (Wildman–Crippen MR) is 91.6 cm³/mol. The standard InChI is InChI=1S/C18H24N4O/c1-3-18(23,15-6-4-14(2)5-7-15)16-12-20-17(21-13-16)22-10-8-19-9-11-22/h4-7,12-13,19,23H,3,8-11H2,1-2H3. The summed E-state index contributed by atoms with van der Waals surface area (Å²) in [6.07, 6.45) is 4.09. The molecule has 23 heavy (non-hydrogen) atoms. The lowest BCUT2D eigenvalue weighted by molar-refractivity contribution is 0.0758. The molecule has 2 N–H and O–H groups in total. The molecule has 2 heterocycles. The number of piperazine rings is 1. The third kappa shape index (κ3) is 3.21. The molecule has 1 aromatic heterocycles. The van der Waals surface area contributed by atoms with Crippen molar-refractivity contribution in [1.29, 1.82) is 0 Å². The van der Waals surface area contributed by atoms with Crippen molar-refractivity contribution in [1.82, 2.24) is 15.3 Å². The summed E-state index contributed by atoms with van der Waals surface area (Å²) in [5.41, 5.74) is 1.75. The molecule has 1 atom stereocenters. The first kappa shape index (κ1) is 15.9. The van der Waals surface area contributed by atoms with Crippen LogP contribution in [0.4, 0.5) is 5.95 Å². The van der Waals surface area contributed by atoms with Crippen LogP contribution in [0.3, 0.4) is 0 Å². The highest BCUT2D eigenvalue weighted by Crippen LogP contribution is 2.32. The molecule has 1 unspecified atom stereocenters. The van der Waals surface area contributed by atoms with Gasteiger partial charge in [-0.2, -0.15) is 0 Å². The van der Waals surface area contributed by atoms with E-state index in [1.807, 2.05) is 38.1 Å². The predicted octanol–water partition coefficient (Wildman–Crippen LogP) is 1.84. The van der Waals surface area contributed by atoms with Gasteiger partial charge in [0.05, 0.1) is 0 Å².